The summed E-state index contributed by atoms with van der Waals surface area (Å²) in [6.07, 6.45) is 5.87. The van der Waals surface area contributed by atoms with Crippen LogP contribution in [0.1, 0.15) is 32.6 Å². The van der Waals surface area contributed by atoms with E-state index in [9.17, 15) is 0 Å². The molecule has 0 saturated heterocycles. The first kappa shape index (κ1) is 8.52. The summed E-state index contributed by atoms with van der Waals surface area (Å²) in [4.78, 5) is 4.72. The predicted octanol–water partition coefficient (Wildman–Crippen LogP) is 1.95. The molecule has 0 aromatic carbocycles. The van der Waals surface area contributed by atoms with Crippen molar-refractivity contribution < 1.29 is 4.84 Å². The molecule has 2 bridgehead atoms. The molecule has 2 nitrogen and oxygen atoms in total. The van der Waals surface area contributed by atoms with E-state index >= 15 is 0 Å². The molecular weight excluding hydrogens is 150 g/mol. The van der Waals surface area contributed by atoms with Crippen molar-refractivity contribution in [1.82, 2.24) is 0 Å². The topological polar surface area (TPSA) is 35.2 Å². The van der Waals surface area contributed by atoms with Crippen molar-refractivity contribution in [2.75, 3.05) is 6.61 Å². The molecule has 2 heteroatoms. The Labute approximate surface area is 74.4 Å². The molecule has 0 heterocycles. The maximum Gasteiger partial charge on any atom is 0.0707 e. The van der Waals surface area contributed by atoms with Gasteiger partial charge in [-0.05, 0) is 42.9 Å². The normalized spacial score (nSPS) is 42.0. The second-order valence-electron chi connectivity index (χ2n) is 4.65. The lowest BCUT2D eigenvalue weighted by molar-refractivity contribution is 0.0703. The summed E-state index contributed by atoms with van der Waals surface area (Å²) in [7, 11) is 0. The maximum absolute atomic E-state index is 5.10. The van der Waals surface area contributed by atoms with Gasteiger partial charge in [-0.3, -0.25) is 0 Å². The zero-order chi connectivity index (χ0) is 8.55. The lowest BCUT2D eigenvalue weighted by Gasteiger charge is -2.26. The van der Waals surface area contributed by atoms with E-state index < -0.39 is 0 Å². The summed E-state index contributed by atoms with van der Waals surface area (Å²) in [5, 5.41) is 0. The van der Waals surface area contributed by atoms with Crippen LogP contribution in [0.15, 0.2) is 0 Å². The van der Waals surface area contributed by atoms with Crippen molar-refractivity contribution in [3.63, 3.8) is 0 Å². The first-order chi connectivity index (χ1) is 5.81. The number of hydrogen-bond acceptors (Lipinski definition) is 2. The van der Waals surface area contributed by atoms with E-state index in [-0.39, 0.29) is 0 Å². The molecule has 0 spiro atoms. The van der Waals surface area contributed by atoms with Crippen LogP contribution in [0.5, 0.6) is 0 Å². The highest BCUT2D eigenvalue weighted by atomic mass is 16.6. The lowest BCUT2D eigenvalue weighted by Crippen LogP contribution is -2.23. The van der Waals surface area contributed by atoms with Crippen molar-refractivity contribution in [1.29, 1.82) is 0 Å². The standard InChI is InChI=1S/C10H19NO/c1-7(6-12-11)10-5-8-2-3-9(10)4-8/h7-10H,2-6,11H2,1H3. The quantitative estimate of drug-likeness (QED) is 0.655. The fourth-order valence-electron chi connectivity index (χ4n) is 3.27. The van der Waals surface area contributed by atoms with E-state index in [0.717, 1.165) is 24.4 Å². The Hall–Kier alpha value is -0.0800. The Morgan fingerprint density at radius 2 is 2.25 bits per heavy atom. The van der Waals surface area contributed by atoms with Crippen LogP contribution < -0.4 is 5.90 Å². The Bertz CT molecular complexity index is 160. The molecule has 2 saturated carbocycles. The molecule has 0 aromatic rings. The van der Waals surface area contributed by atoms with Crippen molar-refractivity contribution >= 4 is 0 Å². The Balaban J connectivity index is 1.89. The molecule has 70 valence electrons. The molecule has 4 unspecified atom stereocenters. The van der Waals surface area contributed by atoms with Gasteiger partial charge in [0.05, 0.1) is 6.61 Å². The molecule has 0 aliphatic heterocycles. The van der Waals surface area contributed by atoms with E-state index in [2.05, 4.69) is 6.92 Å². The number of nitrogens with two attached hydrogens (primary N) is 1. The van der Waals surface area contributed by atoms with Crippen LogP contribution in [0.2, 0.25) is 0 Å². The van der Waals surface area contributed by atoms with E-state index in [1.54, 1.807) is 0 Å². The highest BCUT2D eigenvalue weighted by molar-refractivity contribution is 4.91. The fraction of sp³-hybridized carbons (Fsp3) is 1.00. The molecule has 2 N–H and O–H groups in total. The number of rotatable bonds is 3. The minimum absolute atomic E-state index is 0.672. The van der Waals surface area contributed by atoms with Crippen molar-refractivity contribution in [3.8, 4) is 0 Å². The van der Waals surface area contributed by atoms with Crippen molar-refractivity contribution in [2.45, 2.75) is 32.6 Å². The summed E-state index contributed by atoms with van der Waals surface area (Å²) in [6, 6.07) is 0. The summed E-state index contributed by atoms with van der Waals surface area (Å²) < 4.78 is 0. The predicted molar refractivity (Wildman–Crippen MR) is 48.2 cm³/mol. The first-order valence-corrected chi connectivity index (χ1v) is 5.13. The summed E-state index contributed by atoms with van der Waals surface area (Å²) >= 11 is 0. The van der Waals surface area contributed by atoms with E-state index in [0.29, 0.717) is 5.92 Å². The third kappa shape index (κ3) is 1.38. The molecule has 0 amide bonds. The summed E-state index contributed by atoms with van der Waals surface area (Å²) in [6.45, 7) is 3.02. The van der Waals surface area contributed by atoms with Gasteiger partial charge in [0.25, 0.3) is 0 Å². The van der Waals surface area contributed by atoms with Crippen molar-refractivity contribution in [3.05, 3.63) is 0 Å². The third-order valence-corrected chi connectivity index (χ3v) is 3.88. The highest BCUT2D eigenvalue weighted by Gasteiger charge is 2.41. The van der Waals surface area contributed by atoms with Gasteiger partial charge in [-0.2, -0.15) is 0 Å². The SMILES string of the molecule is CC(CON)C1CC2CCC1C2. The smallest absolute Gasteiger partial charge is 0.0707 e. The van der Waals surface area contributed by atoms with Crippen LogP contribution >= 0.6 is 0 Å². The molecule has 2 aliphatic carbocycles. The molecule has 0 radical (unpaired) electrons. The molecule has 2 rings (SSSR count). The Morgan fingerprint density at radius 3 is 2.75 bits per heavy atom. The van der Waals surface area contributed by atoms with Crippen LogP contribution in [0.25, 0.3) is 0 Å². The summed E-state index contributed by atoms with van der Waals surface area (Å²) in [5.41, 5.74) is 0. The van der Waals surface area contributed by atoms with Crippen LogP contribution in [0, 0.1) is 23.7 Å². The Morgan fingerprint density at radius 1 is 1.42 bits per heavy atom. The van der Waals surface area contributed by atoms with Gasteiger partial charge in [-0.25, -0.2) is 5.90 Å². The fourth-order valence-corrected chi connectivity index (χ4v) is 3.27. The van der Waals surface area contributed by atoms with E-state index in [4.69, 9.17) is 10.7 Å². The molecule has 4 atom stereocenters. The van der Waals surface area contributed by atoms with Gasteiger partial charge >= 0.3 is 0 Å². The van der Waals surface area contributed by atoms with Crippen LogP contribution in [0.4, 0.5) is 0 Å². The minimum atomic E-state index is 0.672. The van der Waals surface area contributed by atoms with Crippen LogP contribution in [0.3, 0.4) is 0 Å². The number of hydrogen-bond donors (Lipinski definition) is 1. The highest BCUT2D eigenvalue weighted by Crippen LogP contribution is 2.50. The molecular formula is C10H19NO. The zero-order valence-corrected chi connectivity index (χ0v) is 7.83. The van der Waals surface area contributed by atoms with Gasteiger partial charge in [0.15, 0.2) is 0 Å². The van der Waals surface area contributed by atoms with Gasteiger partial charge in [0.2, 0.25) is 0 Å². The van der Waals surface area contributed by atoms with E-state index in [1.165, 1.54) is 25.7 Å². The second kappa shape index (κ2) is 3.35. The van der Waals surface area contributed by atoms with Gasteiger partial charge in [-0.15, -0.1) is 0 Å². The van der Waals surface area contributed by atoms with Crippen LogP contribution in [-0.2, 0) is 4.84 Å². The summed E-state index contributed by atoms with van der Waals surface area (Å²) in [5.74, 6) is 8.72. The van der Waals surface area contributed by atoms with Gasteiger partial charge in [0, 0.05) is 0 Å². The molecule has 2 aliphatic rings. The first-order valence-electron chi connectivity index (χ1n) is 5.13. The second-order valence-corrected chi connectivity index (χ2v) is 4.65. The minimum Gasteiger partial charge on any atom is -0.304 e. The van der Waals surface area contributed by atoms with E-state index in [1.807, 2.05) is 0 Å². The average Bonchev–Trinajstić information content (AvgIpc) is 2.64. The third-order valence-electron chi connectivity index (χ3n) is 3.88. The molecule has 0 aromatic heterocycles. The lowest BCUT2D eigenvalue weighted by atomic mass is 9.80. The van der Waals surface area contributed by atoms with Gasteiger partial charge < -0.3 is 4.84 Å². The zero-order valence-electron chi connectivity index (χ0n) is 7.83. The van der Waals surface area contributed by atoms with Gasteiger partial charge in [-0.1, -0.05) is 13.3 Å². The maximum atomic E-state index is 5.10. The molecule has 2 fully saturated rings. The largest absolute Gasteiger partial charge is 0.304 e. The Kier molecular flexibility index (Phi) is 2.37. The van der Waals surface area contributed by atoms with Crippen LogP contribution in [-0.4, -0.2) is 6.61 Å². The van der Waals surface area contributed by atoms with Gasteiger partial charge in [0.1, 0.15) is 0 Å². The number of fused-ring (bicyclic) bond motifs is 2. The average molecular weight is 169 g/mol. The monoisotopic (exact) mass is 169 g/mol. The molecule has 12 heavy (non-hydrogen) atoms. The van der Waals surface area contributed by atoms with Crippen molar-refractivity contribution in [2.24, 2.45) is 29.6 Å².